The van der Waals surface area contributed by atoms with Gasteiger partial charge in [-0.05, 0) is 32.7 Å². The Labute approximate surface area is 119 Å². The van der Waals surface area contributed by atoms with Crippen LogP contribution in [-0.4, -0.2) is 28.1 Å². The Morgan fingerprint density at radius 2 is 2.05 bits per heavy atom. The van der Waals surface area contributed by atoms with Crippen LogP contribution in [0, 0.1) is 25.7 Å². The summed E-state index contributed by atoms with van der Waals surface area (Å²) in [5.41, 5.74) is 7.32. The summed E-state index contributed by atoms with van der Waals surface area (Å²) in [7, 11) is 0. The van der Waals surface area contributed by atoms with E-state index in [4.69, 9.17) is 5.73 Å². The molecule has 0 saturated carbocycles. The van der Waals surface area contributed by atoms with E-state index in [-0.39, 0.29) is 17.7 Å². The summed E-state index contributed by atoms with van der Waals surface area (Å²) in [6.07, 6.45) is 0.620. The van der Waals surface area contributed by atoms with Crippen LogP contribution >= 0.6 is 0 Å². The van der Waals surface area contributed by atoms with Gasteiger partial charge in [0, 0.05) is 11.8 Å². The van der Waals surface area contributed by atoms with Gasteiger partial charge in [-0.15, -0.1) is 0 Å². The molecule has 1 aromatic heterocycles. The summed E-state index contributed by atoms with van der Waals surface area (Å²) in [4.78, 5) is 21.1. The first-order chi connectivity index (χ1) is 9.43. The molecule has 1 aromatic rings. The Kier molecular flexibility index (Phi) is 4.13. The van der Waals surface area contributed by atoms with Gasteiger partial charge in [0.05, 0.1) is 11.6 Å². The normalized spacial score (nSPS) is 18.9. The van der Waals surface area contributed by atoms with Crippen molar-refractivity contribution in [2.75, 3.05) is 11.6 Å². The average Bonchev–Trinajstić information content (AvgIpc) is 2.67. The number of amides is 1. The fourth-order valence-electron chi connectivity index (χ4n) is 2.43. The molecule has 0 aromatic carbocycles. The van der Waals surface area contributed by atoms with Gasteiger partial charge in [0.1, 0.15) is 5.82 Å². The van der Waals surface area contributed by atoms with Gasteiger partial charge in [-0.2, -0.15) is 10.1 Å². The fraction of sp³-hybridized carbons (Fsp3) is 0.571. The third kappa shape index (κ3) is 2.70. The molecule has 0 bridgehead atoms. The van der Waals surface area contributed by atoms with Gasteiger partial charge in [-0.1, -0.05) is 13.8 Å². The summed E-state index contributed by atoms with van der Waals surface area (Å²) < 4.78 is 0. The summed E-state index contributed by atoms with van der Waals surface area (Å²) in [5, 5.41) is 5.88. The summed E-state index contributed by atoms with van der Waals surface area (Å²) in [5.74, 6) is 1.12. The van der Waals surface area contributed by atoms with E-state index in [9.17, 15) is 4.79 Å². The number of aryl methyl sites for hydroxylation is 2. The first kappa shape index (κ1) is 14.6. The highest BCUT2D eigenvalue weighted by Crippen LogP contribution is 2.27. The van der Waals surface area contributed by atoms with Crippen LogP contribution in [0.3, 0.4) is 0 Å². The van der Waals surface area contributed by atoms with Crippen LogP contribution < -0.4 is 10.7 Å². The van der Waals surface area contributed by atoms with Gasteiger partial charge in [0.2, 0.25) is 0 Å². The predicted octanol–water partition coefficient (Wildman–Crippen LogP) is 1.42. The number of hydrogen-bond acceptors (Lipinski definition) is 5. The Morgan fingerprint density at radius 3 is 2.60 bits per heavy atom. The third-order valence-corrected chi connectivity index (χ3v) is 3.30. The van der Waals surface area contributed by atoms with Crippen molar-refractivity contribution in [1.29, 1.82) is 0 Å². The smallest absolute Gasteiger partial charge is 0.257 e. The van der Waals surface area contributed by atoms with Crippen LogP contribution in [0.5, 0.6) is 0 Å². The zero-order valence-electron chi connectivity index (χ0n) is 12.4. The molecule has 2 heterocycles. The van der Waals surface area contributed by atoms with Gasteiger partial charge >= 0.3 is 0 Å². The standard InChI is InChI=1S/C14H21N5O/c1-8(2)13-11(5-6-15)14(20)19(18-13)12-7-9(3)16-10(4)17-12/h7-8,11H,5-6,15H2,1-4H3. The summed E-state index contributed by atoms with van der Waals surface area (Å²) >= 11 is 0. The van der Waals surface area contributed by atoms with Crippen molar-refractivity contribution in [3.05, 3.63) is 17.6 Å². The molecule has 0 fully saturated rings. The number of rotatable bonds is 4. The van der Waals surface area contributed by atoms with Crippen molar-refractivity contribution >= 4 is 17.4 Å². The molecule has 108 valence electrons. The van der Waals surface area contributed by atoms with Crippen molar-refractivity contribution in [2.24, 2.45) is 22.7 Å². The molecule has 1 amide bonds. The second kappa shape index (κ2) is 5.66. The van der Waals surface area contributed by atoms with Gasteiger partial charge in [-0.3, -0.25) is 4.79 Å². The number of carbonyl (C=O) groups is 1. The second-order valence-corrected chi connectivity index (χ2v) is 5.37. The quantitative estimate of drug-likeness (QED) is 0.900. The molecule has 6 heteroatoms. The lowest BCUT2D eigenvalue weighted by Gasteiger charge is -2.14. The van der Waals surface area contributed by atoms with E-state index in [1.165, 1.54) is 5.01 Å². The van der Waals surface area contributed by atoms with E-state index in [0.29, 0.717) is 24.6 Å². The van der Waals surface area contributed by atoms with E-state index in [1.807, 2.05) is 27.7 Å². The summed E-state index contributed by atoms with van der Waals surface area (Å²) in [6.45, 7) is 8.23. The Morgan fingerprint density at radius 1 is 1.35 bits per heavy atom. The SMILES string of the molecule is Cc1cc(N2N=C(C(C)C)C(CCN)C2=O)nc(C)n1. The van der Waals surface area contributed by atoms with Gasteiger partial charge in [0.15, 0.2) is 5.82 Å². The fourth-order valence-corrected chi connectivity index (χ4v) is 2.43. The van der Waals surface area contributed by atoms with E-state index in [2.05, 4.69) is 15.1 Å². The minimum Gasteiger partial charge on any atom is -0.330 e. The zero-order valence-corrected chi connectivity index (χ0v) is 12.4. The van der Waals surface area contributed by atoms with Crippen LogP contribution in [-0.2, 0) is 4.79 Å². The van der Waals surface area contributed by atoms with Crippen LogP contribution in [0.2, 0.25) is 0 Å². The first-order valence-electron chi connectivity index (χ1n) is 6.88. The highest BCUT2D eigenvalue weighted by atomic mass is 16.2. The van der Waals surface area contributed by atoms with Crippen LogP contribution in [0.15, 0.2) is 11.2 Å². The molecule has 2 rings (SSSR count). The number of carbonyl (C=O) groups excluding carboxylic acids is 1. The lowest BCUT2D eigenvalue weighted by Crippen LogP contribution is -2.31. The Hall–Kier alpha value is -1.82. The molecule has 0 radical (unpaired) electrons. The monoisotopic (exact) mass is 275 g/mol. The van der Waals surface area contributed by atoms with Crippen molar-refractivity contribution in [2.45, 2.75) is 34.1 Å². The highest BCUT2D eigenvalue weighted by Gasteiger charge is 2.37. The summed E-state index contributed by atoms with van der Waals surface area (Å²) in [6, 6.07) is 1.77. The lowest BCUT2D eigenvalue weighted by molar-refractivity contribution is -0.119. The number of anilines is 1. The maximum absolute atomic E-state index is 12.5. The molecule has 0 spiro atoms. The molecule has 1 unspecified atom stereocenters. The minimum atomic E-state index is -0.226. The van der Waals surface area contributed by atoms with Gasteiger partial charge in [-0.25, -0.2) is 9.97 Å². The molecule has 0 saturated heterocycles. The number of hydrazone groups is 1. The van der Waals surface area contributed by atoms with Crippen molar-refractivity contribution in [1.82, 2.24) is 9.97 Å². The molecular formula is C14H21N5O. The molecular weight excluding hydrogens is 254 g/mol. The maximum atomic E-state index is 12.5. The number of hydrogen-bond donors (Lipinski definition) is 1. The maximum Gasteiger partial charge on any atom is 0.257 e. The Bertz CT molecular complexity index is 532. The first-order valence-corrected chi connectivity index (χ1v) is 6.88. The lowest BCUT2D eigenvalue weighted by atomic mass is 9.92. The molecule has 2 N–H and O–H groups in total. The van der Waals surface area contributed by atoms with Crippen LogP contribution in [0.1, 0.15) is 31.8 Å². The molecule has 6 nitrogen and oxygen atoms in total. The van der Waals surface area contributed by atoms with Crippen LogP contribution in [0.4, 0.5) is 5.82 Å². The highest BCUT2D eigenvalue weighted by molar-refractivity contribution is 6.15. The zero-order chi connectivity index (χ0) is 14.9. The topological polar surface area (TPSA) is 84.5 Å². The van der Waals surface area contributed by atoms with E-state index >= 15 is 0 Å². The Balaban J connectivity index is 2.39. The predicted molar refractivity (Wildman–Crippen MR) is 78.4 cm³/mol. The van der Waals surface area contributed by atoms with Gasteiger partial charge in [0.25, 0.3) is 5.91 Å². The van der Waals surface area contributed by atoms with E-state index in [1.54, 1.807) is 6.07 Å². The minimum absolute atomic E-state index is 0.0448. The number of aromatic nitrogens is 2. The van der Waals surface area contributed by atoms with Crippen molar-refractivity contribution in [3.63, 3.8) is 0 Å². The van der Waals surface area contributed by atoms with E-state index in [0.717, 1.165) is 11.4 Å². The number of nitrogens with zero attached hydrogens (tertiary/aromatic N) is 4. The molecule has 0 aliphatic carbocycles. The average molecular weight is 275 g/mol. The van der Waals surface area contributed by atoms with E-state index < -0.39 is 0 Å². The van der Waals surface area contributed by atoms with Crippen molar-refractivity contribution < 1.29 is 4.79 Å². The van der Waals surface area contributed by atoms with Crippen LogP contribution in [0.25, 0.3) is 0 Å². The largest absolute Gasteiger partial charge is 0.330 e. The third-order valence-electron chi connectivity index (χ3n) is 3.30. The second-order valence-electron chi connectivity index (χ2n) is 5.37. The molecule has 1 aliphatic heterocycles. The van der Waals surface area contributed by atoms with Gasteiger partial charge < -0.3 is 5.73 Å². The molecule has 1 atom stereocenters. The molecule has 20 heavy (non-hydrogen) atoms. The molecule has 1 aliphatic rings. The van der Waals surface area contributed by atoms with Crippen molar-refractivity contribution in [3.8, 4) is 0 Å². The number of nitrogens with two attached hydrogens (primary N) is 1.